The molecule has 0 spiro atoms. The van der Waals surface area contributed by atoms with Crippen LogP contribution in [-0.4, -0.2) is 318 Å². The van der Waals surface area contributed by atoms with Gasteiger partial charge in [-0.3, -0.25) is 111 Å². The van der Waals surface area contributed by atoms with Crippen LogP contribution in [0.1, 0.15) is 192 Å². The van der Waals surface area contributed by atoms with Crippen molar-refractivity contribution in [3.8, 4) is 0 Å². The molecule has 0 saturated carbocycles. The second-order valence-electron chi connectivity index (χ2n) is 35.3. The largest absolute Gasteiger partial charge is 0.481 e. The molecule has 19 atom stereocenters. The molecule has 1 aromatic heterocycles. The van der Waals surface area contributed by atoms with Gasteiger partial charge in [0.15, 0.2) is 5.96 Å². The van der Waals surface area contributed by atoms with E-state index in [4.69, 9.17) is 39.8 Å². The minimum Gasteiger partial charge on any atom is -0.481 e. The Bertz CT molecular complexity index is 4410. The Kier molecular flexibility index (Phi) is 56.8. The van der Waals surface area contributed by atoms with Gasteiger partial charge in [0.25, 0.3) is 0 Å². The van der Waals surface area contributed by atoms with E-state index in [2.05, 4.69) is 118 Å². The molecule has 1 rings (SSSR count). The van der Waals surface area contributed by atoms with E-state index in [0.717, 1.165) is 0 Å². The maximum Gasteiger partial charge on any atom is 0.326 e. The van der Waals surface area contributed by atoms with Crippen LogP contribution >= 0.6 is 12.6 Å². The average Bonchev–Trinajstić information content (AvgIpc) is 0.914. The zero-order valence-electron chi connectivity index (χ0n) is 80.5. The summed E-state index contributed by atoms with van der Waals surface area (Å²) in [7, 11) is 0. The van der Waals surface area contributed by atoms with Crippen molar-refractivity contribution in [1.82, 2.24) is 106 Å². The van der Waals surface area contributed by atoms with Crippen LogP contribution in [-0.2, 0) is 117 Å². The van der Waals surface area contributed by atoms with Crippen molar-refractivity contribution in [2.45, 2.75) is 301 Å². The van der Waals surface area contributed by atoms with Crippen molar-refractivity contribution in [1.29, 1.82) is 5.41 Å². The van der Waals surface area contributed by atoms with Crippen molar-refractivity contribution in [2.24, 2.45) is 64.0 Å². The van der Waals surface area contributed by atoms with Crippen molar-refractivity contribution in [2.75, 3.05) is 32.1 Å². The molecule has 1 aromatic rings. The van der Waals surface area contributed by atoms with E-state index >= 15 is 0 Å². The summed E-state index contributed by atoms with van der Waals surface area (Å²) in [4.78, 5) is 318. The number of aliphatic hydroxyl groups is 3. The first-order valence-corrected chi connectivity index (χ1v) is 46.0. The Morgan fingerprint density at radius 3 is 0.964 bits per heavy atom. The minimum atomic E-state index is -1.99. The van der Waals surface area contributed by atoms with Crippen LogP contribution in [0.5, 0.6) is 0 Å². The third-order valence-corrected chi connectivity index (χ3v) is 21.4. The number of primary amides is 4. The Morgan fingerprint density at radius 1 is 0.364 bits per heavy atom. The highest BCUT2D eigenvalue weighted by Gasteiger charge is 2.41. The molecule has 56 heteroatoms. The maximum atomic E-state index is 14.6. The minimum absolute atomic E-state index is 0.0371. The molecule has 140 heavy (non-hydrogen) atoms. The summed E-state index contributed by atoms with van der Waals surface area (Å²) in [6.07, 6.45) is -4.32. The number of nitrogens with zero attached hydrogens (tertiary/aromatic N) is 1. The Hall–Kier alpha value is -13.5. The van der Waals surface area contributed by atoms with Crippen LogP contribution in [0.25, 0.3) is 0 Å². The molecule has 0 bridgehead atoms. The average molecular weight is 2010 g/mol. The highest BCUT2D eigenvalue weighted by molar-refractivity contribution is 7.80. The molecule has 0 aliphatic carbocycles. The van der Waals surface area contributed by atoms with Crippen molar-refractivity contribution >= 4 is 155 Å². The fraction of sp³-hybridized carbons (Fsp3) is 0.679. The number of amides is 21. The fourth-order valence-electron chi connectivity index (χ4n) is 13.3. The molecule has 0 aliphatic heterocycles. The molecule has 0 saturated heterocycles. The number of H-pyrrole nitrogens is 1. The molecule has 55 nitrogen and oxygen atoms in total. The van der Waals surface area contributed by atoms with Gasteiger partial charge in [-0.25, -0.2) is 9.78 Å². The first kappa shape index (κ1) is 124. The van der Waals surface area contributed by atoms with Crippen LogP contribution < -0.4 is 130 Å². The first-order chi connectivity index (χ1) is 65.4. The smallest absolute Gasteiger partial charge is 0.326 e. The Morgan fingerprint density at radius 2 is 0.650 bits per heavy atom. The number of guanidine groups is 1. The van der Waals surface area contributed by atoms with E-state index < -0.39 is 364 Å². The predicted molar refractivity (Wildman–Crippen MR) is 500 cm³/mol. The number of imidazole rings is 1. The number of thiol groups is 1. The summed E-state index contributed by atoms with van der Waals surface area (Å²) in [5.74, 6) is -29.6. The van der Waals surface area contributed by atoms with Crippen molar-refractivity contribution < 1.29 is 136 Å². The van der Waals surface area contributed by atoms with E-state index in [9.17, 15) is 136 Å². The zero-order chi connectivity index (χ0) is 107. The Labute approximate surface area is 813 Å². The number of hydrogen-bond acceptors (Lipinski definition) is 30. The lowest BCUT2D eigenvalue weighted by Crippen LogP contribution is -2.63. The summed E-state index contributed by atoms with van der Waals surface area (Å²) in [5, 5.41) is 101. The summed E-state index contributed by atoms with van der Waals surface area (Å²) < 4.78 is 0. The number of nitrogens with one attached hydrogen (secondary N) is 20. The summed E-state index contributed by atoms with van der Waals surface area (Å²) in [5.41, 5.74) is 33.0. The number of carboxylic acid groups (broad SMARTS) is 2. The van der Waals surface area contributed by atoms with Crippen LogP contribution in [0.15, 0.2) is 12.5 Å². The van der Waals surface area contributed by atoms with Crippen molar-refractivity contribution in [3.05, 3.63) is 18.2 Å². The van der Waals surface area contributed by atoms with Gasteiger partial charge in [0.2, 0.25) is 124 Å². The van der Waals surface area contributed by atoms with Gasteiger partial charge in [0.1, 0.15) is 103 Å². The molecular formula is C84H143N27O28S. The van der Waals surface area contributed by atoms with Gasteiger partial charge in [-0.1, -0.05) is 75.7 Å². The fourth-order valence-corrected chi connectivity index (χ4v) is 13.5. The molecule has 0 aromatic carbocycles. The number of nitrogens with two attached hydrogens (primary N) is 6. The van der Waals surface area contributed by atoms with Gasteiger partial charge in [-0.05, 0) is 108 Å². The number of aliphatic hydroxyl groups excluding tert-OH is 3. The third kappa shape index (κ3) is 48.2. The molecule has 788 valence electrons. The first-order valence-electron chi connectivity index (χ1n) is 45.4. The van der Waals surface area contributed by atoms with Crippen LogP contribution in [0, 0.1) is 35.0 Å². The van der Waals surface area contributed by atoms with E-state index in [1.807, 2.05) is 0 Å². The molecule has 0 radical (unpaired) electrons. The van der Waals surface area contributed by atoms with Gasteiger partial charge in [0.05, 0.1) is 38.6 Å². The number of aliphatic carboxylic acids is 2. The maximum absolute atomic E-state index is 14.6. The SMILES string of the molecule is CC[C@H](C)[C@H](NC(=O)[C@H](CO)NC(=O)[C@H](CC(C)C)NC(=O)[C@H](CCC(N)=O)NC(=O)[C@H](CC(C)C)NC(=O)[C@H](CCC(N)=O)NC(=O)[C@H](CCCNC(=N)N)NC(=O)[C@H](Cc1cnc[nH]1)NC(=O)[C@H](CC(=O)O)NC(=O)[C@H](C)NC(=O)[C@H](C)N)C(=O)N[C@@H](CO)C(=O)N[C@@H](CO)C(=O)N[C@@H](CS)C(=O)N[C@@H](CC(C)C)C(=O)N[C@@H](CCC(N)=O)C(=O)N[C@@H](CCC(N)=O)C(=O)N[C@@H](CC(C)C)C(=O)O. The van der Waals surface area contributed by atoms with Gasteiger partial charge in [0, 0.05) is 56.3 Å². The number of carboxylic acids is 2. The van der Waals surface area contributed by atoms with E-state index in [1.165, 1.54) is 33.3 Å². The topological polar surface area (TPSA) is 919 Å². The number of aromatic nitrogens is 2. The second-order valence-corrected chi connectivity index (χ2v) is 35.6. The van der Waals surface area contributed by atoms with E-state index in [-0.39, 0.29) is 63.1 Å². The molecule has 21 amide bonds. The van der Waals surface area contributed by atoms with Crippen LogP contribution in [0.2, 0.25) is 0 Å². The summed E-state index contributed by atoms with van der Waals surface area (Å²) in [6.45, 7) is 15.0. The summed E-state index contributed by atoms with van der Waals surface area (Å²) >= 11 is 4.17. The van der Waals surface area contributed by atoms with E-state index in [1.54, 1.807) is 62.3 Å². The third-order valence-electron chi connectivity index (χ3n) is 21.1. The number of hydrogen-bond donors (Lipinski definition) is 32. The van der Waals surface area contributed by atoms with E-state index in [0.29, 0.717) is 0 Å². The number of aromatic amines is 1. The second kappa shape index (κ2) is 63.9. The molecule has 1 heterocycles. The quantitative estimate of drug-likeness (QED) is 0.0125. The number of carbonyl (C=O) groups is 23. The normalized spacial score (nSPS) is 15.3. The zero-order valence-corrected chi connectivity index (χ0v) is 81.4. The highest BCUT2D eigenvalue weighted by Crippen LogP contribution is 2.17. The lowest BCUT2D eigenvalue weighted by molar-refractivity contribution is -0.143. The van der Waals surface area contributed by atoms with Gasteiger partial charge >= 0.3 is 11.9 Å². The lowest BCUT2D eigenvalue weighted by Gasteiger charge is -2.29. The molecular weight excluding hydrogens is 1870 g/mol. The van der Waals surface area contributed by atoms with Gasteiger partial charge < -0.3 is 161 Å². The number of carbonyl (C=O) groups excluding carboxylic acids is 21. The monoisotopic (exact) mass is 2010 g/mol. The summed E-state index contributed by atoms with van der Waals surface area (Å²) in [6, 6.07) is -30.3. The van der Waals surface area contributed by atoms with Crippen LogP contribution in [0.4, 0.5) is 0 Å². The van der Waals surface area contributed by atoms with Gasteiger partial charge in [-0.15, -0.1) is 0 Å². The highest BCUT2D eigenvalue weighted by atomic mass is 32.1. The number of rotatable bonds is 69. The molecule has 0 fully saturated rings. The van der Waals surface area contributed by atoms with Gasteiger partial charge in [-0.2, -0.15) is 12.6 Å². The van der Waals surface area contributed by atoms with Crippen molar-refractivity contribution in [3.63, 3.8) is 0 Å². The predicted octanol–water partition coefficient (Wildman–Crippen LogP) is -11.4. The molecule has 37 N–H and O–H groups in total. The van der Waals surface area contributed by atoms with Crippen LogP contribution in [0.3, 0.4) is 0 Å². The standard InChI is InChI=1S/C84H143N27O28S/c1-13-41(10)65(82(137)109-57(33-113)78(133)108-56(32-112)79(134)110-59(35-140)81(136)104-51(26-38(4)5)74(129)99-46(16-20-60(86)115)69(124)98-49(19-23-63(89)118)72(127)106-55(83(138)139)28-40(8)9)111-80(135)58(34-114)107-75(130)52(27-39(6)7)103-71(126)48(18-22-62(88)117)100-73(128)50(25-37(2)3)102-70(125)47(17-21-61(87)116)97-68(123)45(15-14-24-93-84(90)91)96-76(131)53(29-44-31-92-36-94-44)105-77(132)54(30-64(119)120)101-67(122)43(12)95-66(121)42(11)85/h31,36-43,45-59,65,112-114,140H,13-30,32-35,85H2,1-12H3,(H2,86,115)(H2,87,116)(H2,88,117)(H2,89,118)(H,92,94)(H,95,121)(H,96,131)(H,97,123)(H,98,124)(H,99,129)(H,100,128)(H,101,122)(H,102,125)(H,103,126)(H,104,136)(H,105,132)(H,106,127)(H,107,130)(H,108,133)(H,109,137)(H,110,134)(H,111,135)(H,119,120)(H,138,139)(H4,90,91,93)/t41-,42-,43-,45-,46-,47-,48-,49-,50-,51-,52-,53-,54-,55-,56-,57-,58-,59-,65-/m0/s1. The molecule has 0 aliphatic rings. The lowest BCUT2D eigenvalue weighted by atomic mass is 9.97. The Balaban J connectivity index is 3.64. The molecule has 0 unspecified atom stereocenters.